The van der Waals surface area contributed by atoms with Crippen molar-refractivity contribution in [1.82, 2.24) is 10.2 Å². The van der Waals surface area contributed by atoms with Crippen molar-refractivity contribution in [2.75, 3.05) is 13.7 Å². The van der Waals surface area contributed by atoms with Crippen LogP contribution in [0.5, 0.6) is 11.5 Å². The molecule has 1 aliphatic rings. The van der Waals surface area contributed by atoms with Crippen LogP contribution >= 0.6 is 23.2 Å². The molecule has 1 aliphatic carbocycles. The molecule has 0 heterocycles. The fraction of sp³-hybridized carbons (Fsp3) is 0.333. The molecule has 1 saturated carbocycles. The molecule has 0 radical (unpaired) electrons. The van der Waals surface area contributed by atoms with Crippen molar-refractivity contribution in [1.29, 1.82) is 0 Å². The maximum atomic E-state index is 13.7. The second-order valence-corrected chi connectivity index (χ2v) is 10.3. The van der Waals surface area contributed by atoms with Crippen LogP contribution < -0.4 is 14.8 Å². The molecule has 1 atom stereocenters. The normalized spacial score (nSPS) is 14.1. The van der Waals surface area contributed by atoms with Gasteiger partial charge in [-0.25, -0.2) is 0 Å². The number of carbonyl (C=O) groups excluding carboxylic acids is 2. The second kappa shape index (κ2) is 13.5. The van der Waals surface area contributed by atoms with Crippen molar-refractivity contribution in [2.45, 2.75) is 50.7 Å². The number of nitrogens with one attached hydrogen (secondary N) is 1. The summed E-state index contributed by atoms with van der Waals surface area (Å²) in [4.78, 5) is 29.1. The fourth-order valence-corrected chi connectivity index (χ4v) is 5.17. The number of hydrogen-bond acceptors (Lipinski definition) is 4. The topological polar surface area (TPSA) is 67.9 Å². The monoisotopic (exact) mass is 554 g/mol. The molecule has 3 aromatic carbocycles. The van der Waals surface area contributed by atoms with Crippen LogP contribution in [0.1, 0.15) is 36.8 Å². The van der Waals surface area contributed by atoms with Crippen molar-refractivity contribution in [3.05, 3.63) is 94.0 Å². The van der Waals surface area contributed by atoms with E-state index in [0.29, 0.717) is 28.0 Å². The zero-order chi connectivity index (χ0) is 26.9. The van der Waals surface area contributed by atoms with E-state index in [-0.39, 0.29) is 31.0 Å². The first-order chi connectivity index (χ1) is 18.4. The molecule has 3 aromatic rings. The third-order valence-corrected chi connectivity index (χ3v) is 7.24. The van der Waals surface area contributed by atoms with Crippen molar-refractivity contribution in [3.63, 3.8) is 0 Å². The molecule has 6 nitrogen and oxygen atoms in total. The van der Waals surface area contributed by atoms with Gasteiger partial charge < -0.3 is 19.7 Å². The van der Waals surface area contributed by atoms with E-state index in [9.17, 15) is 9.59 Å². The maximum Gasteiger partial charge on any atom is 0.261 e. The van der Waals surface area contributed by atoms with Gasteiger partial charge in [0, 0.05) is 24.0 Å². The number of carbonyl (C=O) groups is 2. The standard InChI is InChI=1S/C30H32Cl2N2O4/c1-37-25-13-7-10-22(16-25)19-34(29(35)20-38-28-15-14-23(31)18-26(28)32)27(17-21-8-3-2-4-9-21)30(36)33-24-11-5-6-12-24/h2-4,7-10,13-16,18,24,27H,5-6,11-12,17,19-20H2,1H3,(H,33,36). The molecule has 38 heavy (non-hydrogen) atoms. The first kappa shape index (κ1) is 27.8. The molecule has 0 saturated heterocycles. The number of halogens is 2. The van der Waals surface area contributed by atoms with Crippen molar-refractivity contribution in [3.8, 4) is 11.5 Å². The molecule has 1 unspecified atom stereocenters. The Balaban J connectivity index is 1.63. The van der Waals surface area contributed by atoms with Gasteiger partial charge in [-0.15, -0.1) is 0 Å². The van der Waals surface area contributed by atoms with E-state index in [1.165, 1.54) is 0 Å². The van der Waals surface area contributed by atoms with Crippen LogP contribution in [0.2, 0.25) is 10.0 Å². The van der Waals surface area contributed by atoms with E-state index in [1.807, 2.05) is 54.6 Å². The quantitative estimate of drug-likeness (QED) is 0.312. The predicted octanol–water partition coefficient (Wildman–Crippen LogP) is 6.08. The Kier molecular flexibility index (Phi) is 9.91. The fourth-order valence-electron chi connectivity index (χ4n) is 4.70. The lowest BCUT2D eigenvalue weighted by Crippen LogP contribution is -2.53. The summed E-state index contributed by atoms with van der Waals surface area (Å²) in [5.41, 5.74) is 1.80. The molecule has 2 amide bonds. The van der Waals surface area contributed by atoms with Crippen LogP contribution in [0.25, 0.3) is 0 Å². The van der Waals surface area contributed by atoms with E-state index in [1.54, 1.807) is 30.2 Å². The molecule has 1 N–H and O–H groups in total. The smallest absolute Gasteiger partial charge is 0.261 e. The van der Waals surface area contributed by atoms with E-state index < -0.39 is 6.04 Å². The molecule has 0 spiro atoms. The zero-order valence-corrected chi connectivity index (χ0v) is 22.9. The number of rotatable bonds is 11. The van der Waals surface area contributed by atoms with Crippen molar-refractivity contribution < 1.29 is 19.1 Å². The molecule has 4 rings (SSSR count). The highest BCUT2D eigenvalue weighted by Crippen LogP contribution is 2.28. The van der Waals surface area contributed by atoms with Crippen LogP contribution in [0.15, 0.2) is 72.8 Å². The van der Waals surface area contributed by atoms with Gasteiger partial charge in [-0.1, -0.05) is 78.5 Å². The van der Waals surface area contributed by atoms with E-state index in [4.69, 9.17) is 32.7 Å². The summed E-state index contributed by atoms with van der Waals surface area (Å²) in [6, 6.07) is 21.4. The lowest BCUT2D eigenvalue weighted by atomic mass is 10.0. The Bertz CT molecular complexity index is 1230. The van der Waals surface area contributed by atoms with Gasteiger partial charge >= 0.3 is 0 Å². The molecular weight excluding hydrogens is 523 g/mol. The molecule has 200 valence electrons. The summed E-state index contributed by atoms with van der Waals surface area (Å²) >= 11 is 12.3. The summed E-state index contributed by atoms with van der Waals surface area (Å²) in [5, 5.41) is 3.98. The van der Waals surface area contributed by atoms with Crippen LogP contribution in [0, 0.1) is 0 Å². The average Bonchev–Trinajstić information content (AvgIpc) is 3.43. The van der Waals surface area contributed by atoms with Gasteiger partial charge in [0.05, 0.1) is 12.1 Å². The minimum atomic E-state index is -0.735. The third kappa shape index (κ3) is 7.65. The first-order valence-electron chi connectivity index (χ1n) is 12.8. The number of hydrogen-bond donors (Lipinski definition) is 1. The summed E-state index contributed by atoms with van der Waals surface area (Å²) in [6.45, 7) is -0.0728. The largest absolute Gasteiger partial charge is 0.497 e. The van der Waals surface area contributed by atoms with Crippen LogP contribution in [-0.2, 0) is 22.6 Å². The first-order valence-corrected chi connectivity index (χ1v) is 13.5. The Labute approximate surface area is 233 Å². The molecule has 0 bridgehead atoms. The van der Waals surface area contributed by atoms with Crippen LogP contribution in [0.4, 0.5) is 0 Å². The van der Waals surface area contributed by atoms with Gasteiger partial charge in [0.2, 0.25) is 5.91 Å². The summed E-state index contributed by atoms with van der Waals surface area (Å²) < 4.78 is 11.2. The number of ether oxygens (including phenoxy) is 2. The number of methoxy groups -OCH3 is 1. The Morgan fingerprint density at radius 3 is 2.42 bits per heavy atom. The third-order valence-electron chi connectivity index (χ3n) is 6.70. The minimum absolute atomic E-state index is 0.124. The van der Waals surface area contributed by atoms with Crippen LogP contribution in [-0.4, -0.2) is 42.5 Å². The van der Waals surface area contributed by atoms with Crippen molar-refractivity contribution >= 4 is 35.0 Å². The highest BCUT2D eigenvalue weighted by molar-refractivity contribution is 6.35. The Morgan fingerprint density at radius 2 is 1.71 bits per heavy atom. The minimum Gasteiger partial charge on any atom is -0.497 e. The predicted molar refractivity (Wildman–Crippen MR) is 150 cm³/mol. The van der Waals surface area contributed by atoms with Gasteiger partial charge in [-0.05, 0) is 54.3 Å². The number of amides is 2. The number of benzene rings is 3. The Morgan fingerprint density at radius 1 is 0.974 bits per heavy atom. The second-order valence-electron chi connectivity index (χ2n) is 9.43. The van der Waals surface area contributed by atoms with Crippen LogP contribution in [0.3, 0.4) is 0 Å². The number of nitrogens with zero attached hydrogens (tertiary/aromatic N) is 1. The van der Waals surface area contributed by atoms with E-state index in [2.05, 4.69) is 5.32 Å². The van der Waals surface area contributed by atoms with Gasteiger partial charge in [0.1, 0.15) is 17.5 Å². The van der Waals surface area contributed by atoms with E-state index >= 15 is 0 Å². The van der Waals surface area contributed by atoms with Gasteiger partial charge in [0.15, 0.2) is 6.61 Å². The lowest BCUT2D eigenvalue weighted by Gasteiger charge is -2.32. The highest BCUT2D eigenvalue weighted by atomic mass is 35.5. The van der Waals surface area contributed by atoms with Gasteiger partial charge in [-0.3, -0.25) is 9.59 Å². The summed E-state index contributed by atoms with van der Waals surface area (Å²) in [7, 11) is 1.60. The van der Waals surface area contributed by atoms with Crippen molar-refractivity contribution in [2.24, 2.45) is 0 Å². The molecule has 8 heteroatoms. The average molecular weight is 556 g/mol. The van der Waals surface area contributed by atoms with E-state index in [0.717, 1.165) is 36.8 Å². The Hall–Kier alpha value is -3.22. The summed E-state index contributed by atoms with van der Waals surface area (Å²) in [6.07, 6.45) is 4.46. The van der Waals surface area contributed by atoms with Gasteiger partial charge in [0.25, 0.3) is 5.91 Å². The molecule has 1 fully saturated rings. The molecule has 0 aromatic heterocycles. The lowest BCUT2D eigenvalue weighted by molar-refractivity contribution is -0.143. The maximum absolute atomic E-state index is 13.7. The molecular formula is C30H32Cl2N2O4. The van der Waals surface area contributed by atoms with Gasteiger partial charge in [-0.2, -0.15) is 0 Å². The molecule has 0 aliphatic heterocycles. The summed E-state index contributed by atoms with van der Waals surface area (Å²) in [5.74, 6) is 0.526. The SMILES string of the molecule is COc1cccc(CN(C(=O)COc2ccc(Cl)cc2Cl)C(Cc2ccccc2)C(=O)NC2CCCC2)c1. The highest BCUT2D eigenvalue weighted by Gasteiger charge is 2.32. The zero-order valence-electron chi connectivity index (χ0n) is 21.4.